The molecule has 0 aliphatic heterocycles. The van der Waals surface area contributed by atoms with Crippen LogP contribution in [0.2, 0.25) is 0 Å². The molecule has 0 spiro atoms. The lowest BCUT2D eigenvalue weighted by atomic mass is 10.1. The molecular formula is C14H16BrNO. The van der Waals surface area contributed by atoms with E-state index >= 15 is 0 Å². The number of alkyl halides is 1. The third-order valence-electron chi connectivity index (χ3n) is 2.93. The SMILES string of the molecule is C=CCN(C(=O)c1ccc(CBr)cc1)C1CC1. The Labute approximate surface area is 110 Å². The Balaban J connectivity index is 2.13. The van der Waals surface area contributed by atoms with Gasteiger partial charge in [-0.05, 0) is 30.5 Å². The monoisotopic (exact) mass is 293 g/mol. The Hall–Kier alpha value is -1.09. The van der Waals surface area contributed by atoms with Crippen LogP contribution in [0, 0.1) is 0 Å². The number of amides is 1. The van der Waals surface area contributed by atoms with Crippen LogP contribution in [0.25, 0.3) is 0 Å². The third-order valence-corrected chi connectivity index (χ3v) is 3.58. The topological polar surface area (TPSA) is 20.3 Å². The van der Waals surface area contributed by atoms with Crippen molar-refractivity contribution >= 4 is 21.8 Å². The van der Waals surface area contributed by atoms with E-state index in [1.807, 2.05) is 29.2 Å². The largest absolute Gasteiger partial charge is 0.332 e. The highest BCUT2D eigenvalue weighted by Gasteiger charge is 2.32. The summed E-state index contributed by atoms with van der Waals surface area (Å²) in [5.74, 6) is 0.119. The van der Waals surface area contributed by atoms with Crippen molar-refractivity contribution in [2.45, 2.75) is 24.2 Å². The maximum Gasteiger partial charge on any atom is 0.254 e. The smallest absolute Gasteiger partial charge is 0.254 e. The van der Waals surface area contributed by atoms with Crippen LogP contribution in [-0.4, -0.2) is 23.4 Å². The molecule has 0 unspecified atom stereocenters. The maximum absolute atomic E-state index is 12.3. The predicted molar refractivity (Wildman–Crippen MR) is 73.3 cm³/mol. The van der Waals surface area contributed by atoms with Gasteiger partial charge in [-0.1, -0.05) is 34.1 Å². The highest BCUT2D eigenvalue weighted by Crippen LogP contribution is 2.28. The molecule has 2 nitrogen and oxygen atoms in total. The van der Waals surface area contributed by atoms with Crippen molar-refractivity contribution in [3.63, 3.8) is 0 Å². The van der Waals surface area contributed by atoms with Crippen molar-refractivity contribution in [1.82, 2.24) is 4.90 Å². The summed E-state index contributed by atoms with van der Waals surface area (Å²) < 4.78 is 0. The van der Waals surface area contributed by atoms with Gasteiger partial charge in [0, 0.05) is 23.5 Å². The fourth-order valence-corrected chi connectivity index (χ4v) is 2.20. The molecule has 2 rings (SSSR count). The average molecular weight is 294 g/mol. The van der Waals surface area contributed by atoms with Gasteiger partial charge in [0.2, 0.25) is 0 Å². The van der Waals surface area contributed by atoms with Crippen LogP contribution in [0.1, 0.15) is 28.8 Å². The minimum absolute atomic E-state index is 0.119. The zero-order valence-electron chi connectivity index (χ0n) is 9.73. The van der Waals surface area contributed by atoms with Gasteiger partial charge in [0.25, 0.3) is 5.91 Å². The van der Waals surface area contributed by atoms with Crippen LogP contribution in [0.15, 0.2) is 36.9 Å². The molecule has 0 saturated heterocycles. The molecular weight excluding hydrogens is 278 g/mol. The number of nitrogens with zero attached hydrogens (tertiary/aromatic N) is 1. The quantitative estimate of drug-likeness (QED) is 0.602. The van der Waals surface area contributed by atoms with Gasteiger partial charge in [0.05, 0.1) is 0 Å². The molecule has 1 aromatic carbocycles. The Kier molecular flexibility index (Phi) is 4.00. The Morgan fingerprint density at radius 1 is 1.41 bits per heavy atom. The van der Waals surface area contributed by atoms with Gasteiger partial charge in [-0.3, -0.25) is 4.79 Å². The summed E-state index contributed by atoms with van der Waals surface area (Å²) >= 11 is 3.40. The first-order chi connectivity index (χ1) is 8.26. The van der Waals surface area contributed by atoms with Crippen LogP contribution in [0.5, 0.6) is 0 Å². The van der Waals surface area contributed by atoms with Gasteiger partial charge < -0.3 is 4.90 Å². The van der Waals surface area contributed by atoms with Crippen molar-refractivity contribution in [3.05, 3.63) is 48.0 Å². The molecule has 1 aromatic rings. The molecule has 1 fully saturated rings. The van der Waals surface area contributed by atoms with Crippen LogP contribution >= 0.6 is 15.9 Å². The fourth-order valence-electron chi connectivity index (χ4n) is 1.83. The van der Waals surface area contributed by atoms with Gasteiger partial charge in [-0.25, -0.2) is 0 Å². The molecule has 1 aliphatic rings. The molecule has 3 heteroatoms. The number of rotatable bonds is 5. The highest BCUT2D eigenvalue weighted by atomic mass is 79.9. The van der Waals surface area contributed by atoms with E-state index in [-0.39, 0.29) is 5.91 Å². The molecule has 90 valence electrons. The number of hydrogen-bond donors (Lipinski definition) is 0. The summed E-state index contributed by atoms with van der Waals surface area (Å²) in [5.41, 5.74) is 1.95. The second kappa shape index (κ2) is 5.50. The minimum Gasteiger partial charge on any atom is -0.332 e. The maximum atomic E-state index is 12.3. The molecule has 1 saturated carbocycles. The normalized spacial score (nSPS) is 14.4. The van der Waals surface area contributed by atoms with Crippen molar-refractivity contribution < 1.29 is 4.79 Å². The Morgan fingerprint density at radius 2 is 2.06 bits per heavy atom. The number of halogens is 1. The van der Waals surface area contributed by atoms with E-state index in [0.717, 1.165) is 23.7 Å². The summed E-state index contributed by atoms with van der Waals surface area (Å²) in [5, 5.41) is 0.820. The zero-order valence-corrected chi connectivity index (χ0v) is 11.3. The second-order valence-electron chi connectivity index (χ2n) is 4.31. The minimum atomic E-state index is 0.119. The standard InChI is InChI=1S/C14H16BrNO/c1-2-9-16(13-7-8-13)14(17)12-5-3-11(10-15)4-6-12/h2-6,13H,1,7-10H2. The van der Waals surface area contributed by atoms with Crippen molar-refractivity contribution in [1.29, 1.82) is 0 Å². The summed E-state index contributed by atoms with van der Waals surface area (Å²) in [6, 6.07) is 8.20. The number of benzene rings is 1. The first kappa shape index (κ1) is 12.4. The van der Waals surface area contributed by atoms with E-state index < -0.39 is 0 Å². The number of carbonyl (C=O) groups excluding carboxylic acids is 1. The van der Waals surface area contributed by atoms with E-state index in [1.165, 1.54) is 5.56 Å². The number of hydrogen-bond acceptors (Lipinski definition) is 1. The van der Waals surface area contributed by atoms with Gasteiger partial charge in [-0.15, -0.1) is 6.58 Å². The van der Waals surface area contributed by atoms with Gasteiger partial charge in [-0.2, -0.15) is 0 Å². The van der Waals surface area contributed by atoms with Gasteiger partial charge in [0.1, 0.15) is 0 Å². The highest BCUT2D eigenvalue weighted by molar-refractivity contribution is 9.08. The fraction of sp³-hybridized carbons (Fsp3) is 0.357. The molecule has 1 amide bonds. The van der Waals surface area contributed by atoms with Gasteiger partial charge >= 0.3 is 0 Å². The van der Waals surface area contributed by atoms with E-state index in [2.05, 4.69) is 22.5 Å². The van der Waals surface area contributed by atoms with Crippen LogP contribution in [0.4, 0.5) is 0 Å². The Bertz CT molecular complexity index is 409. The van der Waals surface area contributed by atoms with Crippen LogP contribution < -0.4 is 0 Å². The molecule has 0 radical (unpaired) electrons. The first-order valence-corrected chi connectivity index (χ1v) is 6.95. The average Bonchev–Trinajstić information content (AvgIpc) is 3.19. The van der Waals surface area contributed by atoms with E-state index in [0.29, 0.717) is 12.6 Å². The summed E-state index contributed by atoms with van der Waals surface area (Å²) in [7, 11) is 0. The lowest BCUT2D eigenvalue weighted by Gasteiger charge is -2.20. The lowest BCUT2D eigenvalue weighted by Crippen LogP contribution is -2.33. The molecule has 0 bridgehead atoms. The summed E-state index contributed by atoms with van der Waals surface area (Å²) in [6.45, 7) is 4.36. The number of carbonyl (C=O) groups is 1. The first-order valence-electron chi connectivity index (χ1n) is 5.83. The van der Waals surface area contributed by atoms with Crippen LogP contribution in [0.3, 0.4) is 0 Å². The summed E-state index contributed by atoms with van der Waals surface area (Å²) in [6.07, 6.45) is 4.04. The van der Waals surface area contributed by atoms with Gasteiger partial charge in [0.15, 0.2) is 0 Å². The second-order valence-corrected chi connectivity index (χ2v) is 4.87. The predicted octanol–water partition coefficient (Wildman–Crippen LogP) is 3.37. The summed E-state index contributed by atoms with van der Waals surface area (Å²) in [4.78, 5) is 14.2. The van der Waals surface area contributed by atoms with E-state index in [1.54, 1.807) is 6.08 Å². The van der Waals surface area contributed by atoms with Crippen molar-refractivity contribution in [2.75, 3.05) is 6.54 Å². The van der Waals surface area contributed by atoms with Crippen molar-refractivity contribution in [2.24, 2.45) is 0 Å². The molecule has 0 N–H and O–H groups in total. The third kappa shape index (κ3) is 2.97. The molecule has 1 aliphatic carbocycles. The van der Waals surface area contributed by atoms with Crippen LogP contribution in [-0.2, 0) is 5.33 Å². The van der Waals surface area contributed by atoms with Crippen molar-refractivity contribution in [3.8, 4) is 0 Å². The molecule has 0 heterocycles. The van der Waals surface area contributed by atoms with E-state index in [9.17, 15) is 4.79 Å². The zero-order chi connectivity index (χ0) is 12.3. The lowest BCUT2D eigenvalue weighted by molar-refractivity contribution is 0.0762. The molecule has 0 atom stereocenters. The van der Waals surface area contributed by atoms with E-state index in [4.69, 9.17) is 0 Å². The Morgan fingerprint density at radius 3 is 2.53 bits per heavy atom. The molecule has 17 heavy (non-hydrogen) atoms. The molecule has 0 aromatic heterocycles.